The van der Waals surface area contributed by atoms with Gasteiger partial charge >= 0.3 is 6.18 Å². The van der Waals surface area contributed by atoms with E-state index in [9.17, 15) is 26.4 Å². The quantitative estimate of drug-likeness (QED) is 0.758. The lowest BCUT2D eigenvalue weighted by molar-refractivity contribution is -0.188. The van der Waals surface area contributed by atoms with Gasteiger partial charge in [-0.2, -0.15) is 17.5 Å². The molecule has 0 saturated carbocycles. The summed E-state index contributed by atoms with van der Waals surface area (Å²) in [7, 11) is -3.62. The van der Waals surface area contributed by atoms with Crippen LogP contribution in [0.1, 0.15) is 31.2 Å². The van der Waals surface area contributed by atoms with Crippen molar-refractivity contribution in [3.05, 3.63) is 29.8 Å². The van der Waals surface area contributed by atoms with Gasteiger partial charge < -0.3 is 4.90 Å². The lowest BCUT2D eigenvalue weighted by atomic mass is 9.92. The molecule has 2 heterocycles. The van der Waals surface area contributed by atoms with Crippen LogP contribution in [0, 0.1) is 18.8 Å². The second-order valence-corrected chi connectivity index (χ2v) is 9.59. The SMILES string of the molecule is Cc1ccc(S(=O)(=O)N2CCC(C(=O)N3CCCC(C(F)(F)F)C3)CC2)cc1. The average molecular weight is 418 g/mol. The van der Waals surface area contributed by atoms with Gasteiger partial charge in [0, 0.05) is 32.1 Å². The second kappa shape index (κ2) is 8.02. The molecule has 2 fully saturated rings. The Balaban J connectivity index is 1.60. The lowest BCUT2D eigenvalue weighted by Gasteiger charge is -2.38. The topological polar surface area (TPSA) is 57.7 Å². The van der Waals surface area contributed by atoms with Gasteiger partial charge in [0.1, 0.15) is 0 Å². The maximum atomic E-state index is 13.0. The van der Waals surface area contributed by atoms with Gasteiger partial charge in [-0.3, -0.25) is 4.79 Å². The first kappa shape index (κ1) is 21.1. The standard InChI is InChI=1S/C19H25F3N2O3S/c1-14-4-6-17(7-5-14)28(26,27)24-11-8-15(9-12-24)18(25)23-10-2-3-16(13-23)19(20,21)22/h4-7,15-16H,2-3,8-13H2,1H3. The number of sulfonamides is 1. The summed E-state index contributed by atoms with van der Waals surface area (Å²) in [5.41, 5.74) is 0.960. The number of piperidine rings is 2. The zero-order valence-electron chi connectivity index (χ0n) is 15.8. The molecule has 1 atom stereocenters. The molecular weight excluding hydrogens is 393 g/mol. The molecule has 0 bridgehead atoms. The molecule has 0 radical (unpaired) electrons. The molecule has 3 rings (SSSR count). The summed E-state index contributed by atoms with van der Waals surface area (Å²) < 4.78 is 65.8. The molecule has 2 saturated heterocycles. The van der Waals surface area contributed by atoms with Crippen molar-refractivity contribution < 1.29 is 26.4 Å². The Hall–Kier alpha value is -1.61. The number of rotatable bonds is 3. The van der Waals surface area contributed by atoms with Gasteiger partial charge in [-0.05, 0) is 44.7 Å². The fourth-order valence-corrected chi connectivity index (χ4v) is 5.37. The van der Waals surface area contributed by atoms with Crippen LogP contribution < -0.4 is 0 Å². The van der Waals surface area contributed by atoms with E-state index in [4.69, 9.17) is 0 Å². The van der Waals surface area contributed by atoms with Crippen LogP contribution in [0.3, 0.4) is 0 Å². The Morgan fingerprint density at radius 2 is 1.64 bits per heavy atom. The van der Waals surface area contributed by atoms with E-state index in [1.54, 1.807) is 24.3 Å². The van der Waals surface area contributed by atoms with Crippen molar-refractivity contribution in [2.24, 2.45) is 11.8 Å². The van der Waals surface area contributed by atoms with Crippen LogP contribution in [0.4, 0.5) is 13.2 Å². The minimum Gasteiger partial charge on any atom is -0.342 e. The van der Waals surface area contributed by atoms with Crippen molar-refractivity contribution in [1.82, 2.24) is 9.21 Å². The normalized spacial score (nSPS) is 23.0. The molecule has 28 heavy (non-hydrogen) atoms. The molecule has 156 valence electrons. The second-order valence-electron chi connectivity index (χ2n) is 7.66. The maximum absolute atomic E-state index is 13.0. The van der Waals surface area contributed by atoms with Crippen molar-refractivity contribution in [2.45, 2.75) is 43.7 Å². The highest BCUT2D eigenvalue weighted by atomic mass is 32.2. The van der Waals surface area contributed by atoms with Crippen molar-refractivity contribution in [3.63, 3.8) is 0 Å². The van der Waals surface area contributed by atoms with Gasteiger partial charge in [0.05, 0.1) is 10.8 Å². The number of halogens is 3. The summed E-state index contributed by atoms with van der Waals surface area (Å²) in [6.45, 7) is 2.32. The third-order valence-corrected chi connectivity index (χ3v) is 7.57. The Bertz CT molecular complexity index is 801. The fraction of sp³-hybridized carbons (Fsp3) is 0.632. The number of amides is 1. The van der Waals surface area contributed by atoms with Crippen LogP contribution in [0.2, 0.25) is 0 Å². The maximum Gasteiger partial charge on any atom is 0.393 e. The number of carbonyl (C=O) groups excluding carboxylic acids is 1. The third kappa shape index (κ3) is 4.51. The number of hydrogen-bond acceptors (Lipinski definition) is 3. The van der Waals surface area contributed by atoms with Gasteiger partial charge in [0.15, 0.2) is 0 Å². The molecule has 2 aliphatic heterocycles. The van der Waals surface area contributed by atoms with Crippen LogP contribution in [0.25, 0.3) is 0 Å². The summed E-state index contributed by atoms with van der Waals surface area (Å²) in [5.74, 6) is -2.16. The molecular formula is C19H25F3N2O3S. The van der Waals surface area contributed by atoms with Crippen LogP contribution in [-0.4, -0.2) is 55.9 Å². The van der Waals surface area contributed by atoms with E-state index >= 15 is 0 Å². The number of hydrogen-bond donors (Lipinski definition) is 0. The predicted octanol–water partition coefficient (Wildman–Crippen LogP) is 3.20. The largest absolute Gasteiger partial charge is 0.393 e. The molecule has 1 aromatic rings. The van der Waals surface area contributed by atoms with E-state index in [0.717, 1.165) is 5.56 Å². The van der Waals surface area contributed by atoms with Crippen molar-refractivity contribution in [2.75, 3.05) is 26.2 Å². The molecule has 0 aromatic heterocycles. The van der Waals surface area contributed by atoms with Crippen LogP contribution in [0.15, 0.2) is 29.2 Å². The van der Waals surface area contributed by atoms with E-state index in [2.05, 4.69) is 0 Å². The summed E-state index contributed by atoms with van der Waals surface area (Å²) in [6.07, 6.45) is -3.23. The number of nitrogens with zero attached hydrogens (tertiary/aromatic N) is 2. The zero-order chi connectivity index (χ0) is 20.5. The monoisotopic (exact) mass is 418 g/mol. The van der Waals surface area contributed by atoms with Crippen LogP contribution >= 0.6 is 0 Å². The lowest BCUT2D eigenvalue weighted by Crippen LogP contribution is -2.49. The highest BCUT2D eigenvalue weighted by molar-refractivity contribution is 7.89. The number of alkyl halides is 3. The number of benzene rings is 1. The van der Waals surface area contributed by atoms with Crippen molar-refractivity contribution in [3.8, 4) is 0 Å². The summed E-state index contributed by atoms with van der Waals surface area (Å²) in [6, 6.07) is 6.59. The number of carbonyl (C=O) groups is 1. The minimum atomic E-state index is -4.29. The summed E-state index contributed by atoms with van der Waals surface area (Å²) >= 11 is 0. The highest BCUT2D eigenvalue weighted by Gasteiger charge is 2.44. The number of aryl methyl sites for hydroxylation is 1. The van der Waals surface area contributed by atoms with Crippen molar-refractivity contribution in [1.29, 1.82) is 0 Å². The van der Waals surface area contributed by atoms with E-state index in [0.29, 0.717) is 25.8 Å². The number of likely N-dealkylation sites (tertiary alicyclic amines) is 1. The van der Waals surface area contributed by atoms with Gasteiger partial charge in [-0.15, -0.1) is 0 Å². The Morgan fingerprint density at radius 1 is 1.04 bits per heavy atom. The molecule has 0 N–H and O–H groups in total. The van der Waals surface area contributed by atoms with Gasteiger partial charge in [0.25, 0.3) is 0 Å². The zero-order valence-corrected chi connectivity index (χ0v) is 16.6. The molecule has 0 spiro atoms. The molecule has 2 aliphatic rings. The first-order valence-electron chi connectivity index (χ1n) is 9.51. The van der Waals surface area contributed by atoms with Gasteiger partial charge in [0.2, 0.25) is 15.9 Å². The van der Waals surface area contributed by atoms with Crippen molar-refractivity contribution >= 4 is 15.9 Å². The summed E-state index contributed by atoms with van der Waals surface area (Å²) in [5, 5.41) is 0. The molecule has 9 heteroatoms. The molecule has 1 unspecified atom stereocenters. The first-order valence-corrected chi connectivity index (χ1v) is 11.0. The van der Waals surface area contributed by atoms with E-state index < -0.39 is 28.0 Å². The third-order valence-electron chi connectivity index (χ3n) is 5.66. The Labute approximate surface area is 163 Å². The summed E-state index contributed by atoms with van der Waals surface area (Å²) in [4.78, 5) is 14.2. The molecule has 1 aromatic carbocycles. The molecule has 5 nitrogen and oxygen atoms in total. The van der Waals surface area contributed by atoms with Gasteiger partial charge in [-0.1, -0.05) is 17.7 Å². The molecule has 0 aliphatic carbocycles. The van der Waals surface area contributed by atoms with Gasteiger partial charge in [-0.25, -0.2) is 8.42 Å². The van der Waals surface area contributed by atoms with E-state index in [1.165, 1.54) is 9.21 Å². The van der Waals surface area contributed by atoms with E-state index in [1.807, 2.05) is 6.92 Å². The smallest absolute Gasteiger partial charge is 0.342 e. The predicted molar refractivity (Wildman–Crippen MR) is 98.0 cm³/mol. The van der Waals surface area contributed by atoms with Crippen LogP contribution in [0.5, 0.6) is 0 Å². The Morgan fingerprint density at radius 3 is 2.21 bits per heavy atom. The first-order chi connectivity index (χ1) is 13.1. The minimum absolute atomic E-state index is 0.0561. The average Bonchev–Trinajstić information content (AvgIpc) is 2.67. The Kier molecular flexibility index (Phi) is 6.05. The fourth-order valence-electron chi connectivity index (χ4n) is 3.91. The highest BCUT2D eigenvalue weighted by Crippen LogP contribution is 2.34. The molecule has 1 amide bonds. The van der Waals surface area contributed by atoms with E-state index in [-0.39, 0.29) is 36.9 Å². The van der Waals surface area contributed by atoms with Crippen LogP contribution in [-0.2, 0) is 14.8 Å².